The Morgan fingerprint density at radius 2 is 2.16 bits per heavy atom. The third-order valence-corrected chi connectivity index (χ3v) is 5.00. The number of benzene rings is 1. The van der Waals surface area contributed by atoms with E-state index in [9.17, 15) is 9.59 Å². The number of rotatable bonds is 3. The fraction of sp³-hybridized carbons (Fsp3) is 0.368. The number of aryl methyl sites for hydroxylation is 1. The Labute approximate surface area is 145 Å². The molecule has 0 radical (unpaired) electrons. The molecule has 2 heterocycles. The lowest BCUT2D eigenvalue weighted by atomic mass is 9.86. The Bertz CT molecular complexity index is 909. The van der Waals surface area contributed by atoms with Gasteiger partial charge in [0.1, 0.15) is 0 Å². The fourth-order valence-corrected chi connectivity index (χ4v) is 3.81. The van der Waals surface area contributed by atoms with E-state index in [4.69, 9.17) is 0 Å². The van der Waals surface area contributed by atoms with Gasteiger partial charge in [0, 0.05) is 36.3 Å². The van der Waals surface area contributed by atoms with Gasteiger partial charge in [0.25, 0.3) is 5.91 Å². The van der Waals surface area contributed by atoms with Crippen LogP contribution in [0.3, 0.4) is 0 Å². The first-order chi connectivity index (χ1) is 12.1. The molecule has 4 rings (SSSR count). The molecule has 128 valence electrons. The topological polar surface area (TPSA) is 75.8 Å². The predicted octanol–water partition coefficient (Wildman–Crippen LogP) is 2.68. The van der Waals surface area contributed by atoms with E-state index in [2.05, 4.69) is 21.6 Å². The van der Waals surface area contributed by atoms with Gasteiger partial charge >= 0.3 is 0 Å². The summed E-state index contributed by atoms with van der Waals surface area (Å²) in [5.74, 6) is -0.279. The lowest BCUT2D eigenvalue weighted by Gasteiger charge is -2.30. The maximum absolute atomic E-state index is 12.5. The summed E-state index contributed by atoms with van der Waals surface area (Å²) in [6, 6.07) is 8.17. The molecule has 1 aliphatic carbocycles. The van der Waals surface area contributed by atoms with E-state index in [1.165, 1.54) is 0 Å². The van der Waals surface area contributed by atoms with Crippen LogP contribution in [0, 0.1) is 0 Å². The van der Waals surface area contributed by atoms with Gasteiger partial charge in [-0.05, 0) is 36.5 Å². The molecule has 0 spiro atoms. The molecule has 1 aliphatic heterocycles. The van der Waals surface area contributed by atoms with Gasteiger partial charge in [-0.1, -0.05) is 18.2 Å². The number of aromatic nitrogens is 1. The van der Waals surface area contributed by atoms with Crippen LogP contribution in [0.25, 0.3) is 10.9 Å². The number of carbonyl (C=O) groups is 2. The van der Waals surface area contributed by atoms with Crippen molar-refractivity contribution in [1.82, 2.24) is 9.88 Å². The molecule has 2 unspecified atom stereocenters. The zero-order valence-electron chi connectivity index (χ0n) is 14.1. The SMILES string of the molecule is Cn1cc(CC(=O)NC2CCC3N=NC(=O)C=C3C2)c2ccccc21. The second-order valence-corrected chi connectivity index (χ2v) is 6.79. The first kappa shape index (κ1) is 15.7. The minimum absolute atomic E-state index is 0.0175. The fourth-order valence-electron chi connectivity index (χ4n) is 3.81. The molecule has 1 fully saturated rings. The van der Waals surface area contributed by atoms with Crippen LogP contribution in [-0.2, 0) is 23.1 Å². The number of para-hydroxylation sites is 1. The predicted molar refractivity (Wildman–Crippen MR) is 94.1 cm³/mol. The summed E-state index contributed by atoms with van der Waals surface area (Å²) in [7, 11) is 1.99. The number of fused-ring (bicyclic) bond motifs is 2. The number of nitrogens with zero attached hydrogens (tertiary/aromatic N) is 3. The molecule has 2 aromatic rings. The molecule has 1 aromatic carbocycles. The lowest BCUT2D eigenvalue weighted by molar-refractivity contribution is -0.121. The second kappa shape index (κ2) is 6.27. The van der Waals surface area contributed by atoms with Crippen LogP contribution in [0.1, 0.15) is 24.8 Å². The molecular formula is C19H20N4O2. The Balaban J connectivity index is 1.43. The maximum Gasteiger partial charge on any atom is 0.287 e. The van der Waals surface area contributed by atoms with E-state index in [1.54, 1.807) is 6.08 Å². The average Bonchev–Trinajstić information content (AvgIpc) is 2.91. The van der Waals surface area contributed by atoms with E-state index in [1.807, 2.05) is 36.0 Å². The number of amides is 2. The van der Waals surface area contributed by atoms with Crippen molar-refractivity contribution in [2.75, 3.05) is 0 Å². The van der Waals surface area contributed by atoms with Gasteiger partial charge in [0.15, 0.2) is 0 Å². The van der Waals surface area contributed by atoms with Crippen LogP contribution < -0.4 is 5.32 Å². The number of nitrogens with one attached hydrogen (secondary N) is 1. The maximum atomic E-state index is 12.5. The van der Waals surface area contributed by atoms with Crippen LogP contribution in [0.4, 0.5) is 0 Å². The van der Waals surface area contributed by atoms with E-state index < -0.39 is 0 Å². The zero-order chi connectivity index (χ0) is 17.4. The van der Waals surface area contributed by atoms with E-state index in [0.717, 1.165) is 34.9 Å². The van der Waals surface area contributed by atoms with Crippen molar-refractivity contribution in [1.29, 1.82) is 0 Å². The molecule has 0 bridgehead atoms. The van der Waals surface area contributed by atoms with E-state index in [0.29, 0.717) is 12.8 Å². The highest BCUT2D eigenvalue weighted by Crippen LogP contribution is 2.29. The Hall–Kier alpha value is -2.76. The van der Waals surface area contributed by atoms with Crippen LogP contribution in [0.2, 0.25) is 0 Å². The average molecular weight is 336 g/mol. The van der Waals surface area contributed by atoms with Crippen molar-refractivity contribution < 1.29 is 9.59 Å². The van der Waals surface area contributed by atoms with Gasteiger partial charge in [-0.2, -0.15) is 5.11 Å². The Morgan fingerprint density at radius 1 is 1.32 bits per heavy atom. The second-order valence-electron chi connectivity index (χ2n) is 6.79. The third-order valence-electron chi connectivity index (χ3n) is 5.00. The summed E-state index contributed by atoms with van der Waals surface area (Å²) in [5.41, 5.74) is 3.15. The number of hydrogen-bond acceptors (Lipinski definition) is 3. The van der Waals surface area contributed by atoms with Crippen LogP contribution in [-0.4, -0.2) is 28.5 Å². The largest absolute Gasteiger partial charge is 0.353 e. The Morgan fingerprint density at radius 3 is 3.04 bits per heavy atom. The summed E-state index contributed by atoms with van der Waals surface area (Å²) in [6.45, 7) is 0. The monoisotopic (exact) mass is 336 g/mol. The van der Waals surface area contributed by atoms with Gasteiger partial charge < -0.3 is 9.88 Å². The molecule has 6 nitrogen and oxygen atoms in total. The quantitative estimate of drug-likeness (QED) is 0.935. The summed E-state index contributed by atoms with van der Waals surface area (Å²) in [5, 5.41) is 11.9. The van der Waals surface area contributed by atoms with Gasteiger partial charge in [-0.25, -0.2) is 0 Å². The summed E-state index contributed by atoms with van der Waals surface area (Å²) < 4.78 is 2.05. The van der Waals surface area contributed by atoms with Gasteiger partial charge in [0.2, 0.25) is 5.91 Å². The molecule has 2 aliphatic rings. The van der Waals surface area contributed by atoms with Crippen molar-refractivity contribution in [3.63, 3.8) is 0 Å². The highest BCUT2D eigenvalue weighted by molar-refractivity contribution is 5.90. The standard InChI is InChI=1S/C19H20N4O2/c1-23-11-13(15-4-2-3-5-17(15)23)10-18(24)20-14-6-7-16-12(8-14)9-19(25)22-21-16/h2-5,9,11,14,16H,6-8,10H2,1H3,(H,20,24). The van der Waals surface area contributed by atoms with Crippen molar-refractivity contribution >= 4 is 22.7 Å². The molecule has 2 amide bonds. The van der Waals surface area contributed by atoms with Gasteiger partial charge in [-0.3, -0.25) is 9.59 Å². The van der Waals surface area contributed by atoms with Crippen LogP contribution in [0.5, 0.6) is 0 Å². The number of azo groups is 1. The minimum atomic E-state index is -0.297. The molecule has 25 heavy (non-hydrogen) atoms. The number of hydrogen-bond donors (Lipinski definition) is 1. The summed E-state index contributed by atoms with van der Waals surface area (Å²) in [4.78, 5) is 23.9. The smallest absolute Gasteiger partial charge is 0.287 e. The van der Waals surface area contributed by atoms with E-state index in [-0.39, 0.29) is 23.9 Å². The normalized spacial score (nSPS) is 22.6. The Kier molecular flexibility index (Phi) is 3.95. The zero-order valence-corrected chi connectivity index (χ0v) is 14.1. The molecule has 6 heteroatoms. The van der Waals surface area contributed by atoms with Crippen molar-refractivity contribution in [2.45, 2.75) is 37.8 Å². The van der Waals surface area contributed by atoms with Crippen LogP contribution >= 0.6 is 0 Å². The van der Waals surface area contributed by atoms with Crippen molar-refractivity contribution in [2.24, 2.45) is 17.3 Å². The summed E-state index contributed by atoms with van der Waals surface area (Å²) in [6.07, 6.45) is 6.30. The molecular weight excluding hydrogens is 316 g/mol. The third kappa shape index (κ3) is 3.12. The van der Waals surface area contributed by atoms with E-state index >= 15 is 0 Å². The van der Waals surface area contributed by atoms with Crippen molar-refractivity contribution in [3.05, 3.63) is 47.7 Å². The highest BCUT2D eigenvalue weighted by atomic mass is 16.2. The van der Waals surface area contributed by atoms with Crippen molar-refractivity contribution in [3.8, 4) is 0 Å². The molecule has 1 N–H and O–H groups in total. The first-order valence-electron chi connectivity index (χ1n) is 8.58. The molecule has 1 aromatic heterocycles. The summed E-state index contributed by atoms with van der Waals surface area (Å²) >= 11 is 0. The first-order valence-corrected chi connectivity index (χ1v) is 8.58. The van der Waals surface area contributed by atoms with Gasteiger partial charge in [0.05, 0.1) is 12.5 Å². The van der Waals surface area contributed by atoms with Gasteiger partial charge in [-0.15, -0.1) is 5.11 Å². The molecule has 0 saturated heterocycles. The molecule has 1 saturated carbocycles. The number of carbonyl (C=O) groups excluding carboxylic acids is 2. The lowest BCUT2D eigenvalue weighted by Crippen LogP contribution is -2.40. The minimum Gasteiger partial charge on any atom is -0.353 e. The van der Waals surface area contributed by atoms with Crippen LogP contribution in [0.15, 0.2) is 52.3 Å². The molecule has 2 atom stereocenters. The highest BCUT2D eigenvalue weighted by Gasteiger charge is 2.29.